The molecule has 5 heteroatoms. The topological polar surface area (TPSA) is 42.4 Å². The Hall–Kier alpha value is -1.52. The van der Waals surface area contributed by atoms with Crippen LogP contribution < -0.4 is 10.4 Å². The average Bonchev–Trinajstić information content (AvgIpc) is 2.43. The summed E-state index contributed by atoms with van der Waals surface area (Å²) in [6, 6.07) is 0. The fourth-order valence-electron chi connectivity index (χ4n) is 3.02. The van der Waals surface area contributed by atoms with E-state index in [-0.39, 0.29) is 18.5 Å². The van der Waals surface area contributed by atoms with E-state index in [2.05, 4.69) is 23.7 Å². The van der Waals surface area contributed by atoms with Gasteiger partial charge in [0.25, 0.3) is 0 Å². The van der Waals surface area contributed by atoms with E-state index in [9.17, 15) is 4.79 Å². The smallest absolute Gasteiger partial charge is 0.310 e. The van der Waals surface area contributed by atoms with Crippen molar-refractivity contribution in [3.8, 4) is 0 Å². The van der Waals surface area contributed by atoms with E-state index in [1.54, 1.807) is 6.20 Å². The molecule has 4 nitrogen and oxygen atoms in total. The van der Waals surface area contributed by atoms with E-state index in [0.717, 1.165) is 42.9 Å². The highest BCUT2D eigenvalue weighted by molar-refractivity contribution is 6.36. The molecule has 0 aliphatic carbocycles. The van der Waals surface area contributed by atoms with Crippen LogP contribution in [0, 0.1) is 12.3 Å². The lowest BCUT2D eigenvalue weighted by molar-refractivity contribution is -0.146. The van der Waals surface area contributed by atoms with Crippen molar-refractivity contribution < 1.29 is 9.53 Å². The summed E-state index contributed by atoms with van der Waals surface area (Å²) in [5.74, 6) is -0.228. The highest BCUT2D eigenvalue weighted by atomic mass is 16.5. The lowest BCUT2D eigenvalue weighted by Gasteiger charge is -2.40. The molecule has 1 aliphatic rings. The molecule has 1 fully saturated rings. The third kappa shape index (κ3) is 4.49. The molecule has 124 valence electrons. The van der Waals surface area contributed by atoms with Crippen LogP contribution in [0.5, 0.6) is 0 Å². The Morgan fingerprint density at radius 1 is 1.39 bits per heavy atom. The van der Waals surface area contributed by atoms with Gasteiger partial charge >= 0.3 is 5.97 Å². The summed E-state index contributed by atoms with van der Waals surface area (Å²) in [6.07, 6.45) is 4.03. The molecule has 1 aliphatic heterocycles. The van der Waals surface area contributed by atoms with Gasteiger partial charge in [0.1, 0.15) is 7.85 Å². The van der Waals surface area contributed by atoms with Gasteiger partial charge in [-0.15, -0.1) is 0 Å². The van der Waals surface area contributed by atoms with Crippen molar-refractivity contribution in [2.75, 3.05) is 18.0 Å². The van der Waals surface area contributed by atoms with Crippen LogP contribution in [0.25, 0.3) is 0 Å². The number of hydrogen-bond donors (Lipinski definition) is 0. The molecule has 0 bridgehead atoms. The summed E-state index contributed by atoms with van der Waals surface area (Å²) in [7, 11) is 6.21. The van der Waals surface area contributed by atoms with Gasteiger partial charge in [0, 0.05) is 36.2 Å². The normalized spacial score (nSPS) is 17.4. The second-order valence-electron chi connectivity index (χ2n) is 7.49. The van der Waals surface area contributed by atoms with Crippen LogP contribution >= 0.6 is 0 Å². The van der Waals surface area contributed by atoms with E-state index in [1.807, 2.05) is 20.8 Å². The Bertz CT molecular complexity index is 575. The van der Waals surface area contributed by atoms with Crippen molar-refractivity contribution in [3.05, 3.63) is 17.5 Å². The number of esters is 1. The van der Waals surface area contributed by atoms with Gasteiger partial charge < -0.3 is 9.64 Å². The average molecular weight is 314 g/mol. The standard InChI is InChI=1S/C18H27BN2O2/c1-12(2)23-16(22)10-14-13(3)20-11-15(19)17(14)21-8-6-18(4,5)7-9-21/h11-12H,6-10H2,1-5H3. The van der Waals surface area contributed by atoms with Crippen LogP contribution in [0.2, 0.25) is 0 Å². The second kappa shape index (κ2) is 6.94. The number of rotatable bonds is 4. The van der Waals surface area contributed by atoms with Gasteiger partial charge in [-0.1, -0.05) is 19.3 Å². The number of nitrogens with zero attached hydrogens (tertiary/aromatic N) is 2. The zero-order valence-corrected chi connectivity index (χ0v) is 15.0. The number of piperidine rings is 1. The molecule has 0 atom stereocenters. The third-order valence-electron chi connectivity index (χ3n) is 4.51. The number of carbonyl (C=O) groups excluding carboxylic acids is 1. The van der Waals surface area contributed by atoms with Crippen LogP contribution in [0.3, 0.4) is 0 Å². The van der Waals surface area contributed by atoms with Gasteiger partial charge in [0.05, 0.1) is 12.5 Å². The zero-order valence-electron chi connectivity index (χ0n) is 15.0. The summed E-state index contributed by atoms with van der Waals surface area (Å²) in [5.41, 5.74) is 3.72. The van der Waals surface area contributed by atoms with Crippen molar-refractivity contribution in [1.29, 1.82) is 0 Å². The summed E-state index contributed by atoms with van der Waals surface area (Å²) >= 11 is 0. The summed E-state index contributed by atoms with van der Waals surface area (Å²) < 4.78 is 5.30. The number of anilines is 1. The Balaban J connectivity index is 2.28. The van der Waals surface area contributed by atoms with E-state index < -0.39 is 0 Å². The molecule has 1 saturated heterocycles. The number of ether oxygens (including phenoxy) is 1. The summed E-state index contributed by atoms with van der Waals surface area (Å²) in [4.78, 5) is 18.7. The molecule has 0 spiro atoms. The van der Waals surface area contributed by atoms with E-state index in [0.29, 0.717) is 10.9 Å². The first-order valence-corrected chi connectivity index (χ1v) is 8.38. The molecular weight excluding hydrogens is 287 g/mol. The van der Waals surface area contributed by atoms with Crippen molar-refractivity contribution >= 4 is 25.0 Å². The third-order valence-corrected chi connectivity index (χ3v) is 4.51. The Morgan fingerprint density at radius 2 is 2.00 bits per heavy atom. The lowest BCUT2D eigenvalue weighted by Crippen LogP contribution is -2.40. The van der Waals surface area contributed by atoms with E-state index >= 15 is 0 Å². The number of aryl methyl sites for hydroxylation is 1. The highest BCUT2D eigenvalue weighted by Gasteiger charge is 2.28. The molecule has 1 aromatic rings. The second-order valence-corrected chi connectivity index (χ2v) is 7.49. The molecule has 2 heterocycles. The van der Waals surface area contributed by atoms with Crippen LogP contribution in [0.15, 0.2) is 6.20 Å². The first-order chi connectivity index (χ1) is 10.7. The molecule has 0 amide bonds. The monoisotopic (exact) mass is 314 g/mol. The van der Waals surface area contributed by atoms with E-state index in [4.69, 9.17) is 12.6 Å². The van der Waals surface area contributed by atoms with Crippen molar-refractivity contribution in [3.63, 3.8) is 0 Å². The number of aromatic nitrogens is 1. The molecule has 0 saturated carbocycles. The van der Waals surface area contributed by atoms with Gasteiger partial charge in [-0.05, 0) is 39.0 Å². The minimum atomic E-state index is -0.228. The van der Waals surface area contributed by atoms with Gasteiger partial charge in [0.15, 0.2) is 0 Å². The number of hydrogen-bond acceptors (Lipinski definition) is 4. The maximum absolute atomic E-state index is 12.1. The Labute approximate surface area is 141 Å². The van der Waals surface area contributed by atoms with E-state index in [1.165, 1.54) is 0 Å². The first-order valence-electron chi connectivity index (χ1n) is 8.38. The molecule has 23 heavy (non-hydrogen) atoms. The fourth-order valence-corrected chi connectivity index (χ4v) is 3.02. The maximum atomic E-state index is 12.1. The molecule has 0 unspecified atom stereocenters. The molecule has 0 N–H and O–H groups in total. The molecule has 0 aromatic carbocycles. The van der Waals surface area contributed by atoms with Crippen LogP contribution in [0.4, 0.5) is 5.69 Å². The Morgan fingerprint density at radius 3 is 2.57 bits per heavy atom. The number of pyridine rings is 1. The van der Waals surface area contributed by atoms with Gasteiger partial charge in [-0.25, -0.2) is 0 Å². The van der Waals surface area contributed by atoms with Crippen LogP contribution in [-0.4, -0.2) is 38.0 Å². The molecule has 2 radical (unpaired) electrons. The minimum absolute atomic E-state index is 0.115. The predicted octanol–water partition coefficient (Wildman–Crippen LogP) is 2.30. The maximum Gasteiger partial charge on any atom is 0.310 e. The number of carbonyl (C=O) groups is 1. The minimum Gasteiger partial charge on any atom is -0.463 e. The highest BCUT2D eigenvalue weighted by Crippen LogP contribution is 2.33. The lowest BCUT2D eigenvalue weighted by atomic mass is 9.81. The van der Waals surface area contributed by atoms with Crippen LogP contribution in [-0.2, 0) is 16.0 Å². The zero-order chi connectivity index (χ0) is 17.2. The summed E-state index contributed by atoms with van der Waals surface area (Å²) in [6.45, 7) is 12.1. The van der Waals surface area contributed by atoms with Crippen molar-refractivity contribution in [2.45, 2.75) is 60.0 Å². The predicted molar refractivity (Wildman–Crippen MR) is 94.5 cm³/mol. The SMILES string of the molecule is [B]c1cnc(C)c(CC(=O)OC(C)C)c1N1CCC(C)(C)CC1. The van der Waals surface area contributed by atoms with Gasteiger partial charge in [-0.3, -0.25) is 9.78 Å². The van der Waals surface area contributed by atoms with Gasteiger partial charge in [-0.2, -0.15) is 0 Å². The fraction of sp³-hybridized carbons (Fsp3) is 0.667. The van der Waals surface area contributed by atoms with Crippen molar-refractivity contribution in [1.82, 2.24) is 4.98 Å². The molecule has 1 aromatic heterocycles. The first kappa shape index (κ1) is 17.8. The van der Waals surface area contributed by atoms with Crippen molar-refractivity contribution in [2.24, 2.45) is 5.41 Å². The summed E-state index contributed by atoms with van der Waals surface area (Å²) in [5, 5.41) is 0. The van der Waals surface area contributed by atoms with Crippen LogP contribution in [0.1, 0.15) is 51.8 Å². The quantitative estimate of drug-likeness (QED) is 0.632. The Kier molecular flexibility index (Phi) is 5.38. The molecular formula is C18H27BN2O2. The molecule has 2 rings (SSSR count). The largest absolute Gasteiger partial charge is 0.463 e. The van der Waals surface area contributed by atoms with Gasteiger partial charge in [0.2, 0.25) is 0 Å².